The molecule has 132 valence electrons. The molecule has 1 aromatic carbocycles. The minimum atomic E-state index is -3.55. The number of sulfonamides is 1. The Kier molecular flexibility index (Phi) is 5.33. The summed E-state index contributed by atoms with van der Waals surface area (Å²) in [6, 6.07) is 6.03. The minimum absolute atomic E-state index is 0.151. The van der Waals surface area contributed by atoms with Crippen LogP contribution in [0.2, 0.25) is 0 Å². The largest absolute Gasteiger partial charge is 0.379 e. The molecule has 9 heteroatoms. The van der Waals surface area contributed by atoms with Gasteiger partial charge in [-0.3, -0.25) is 9.00 Å². The SMILES string of the molecule is O=C(c1ccc(S(=O)(=O)N2CCOCC2)cc1)N1CCS(=O)CC1. The predicted octanol–water partition coefficient (Wildman–Crippen LogP) is -0.0880. The van der Waals surface area contributed by atoms with Gasteiger partial charge in [-0.2, -0.15) is 4.31 Å². The lowest BCUT2D eigenvalue weighted by molar-refractivity contribution is 0.0730. The molecule has 0 N–H and O–H groups in total. The molecule has 2 heterocycles. The highest BCUT2D eigenvalue weighted by atomic mass is 32.2. The molecule has 0 aromatic heterocycles. The Morgan fingerprint density at radius 2 is 1.58 bits per heavy atom. The van der Waals surface area contributed by atoms with Gasteiger partial charge in [0.15, 0.2) is 0 Å². The van der Waals surface area contributed by atoms with Crippen LogP contribution in [0.15, 0.2) is 29.2 Å². The molecule has 0 radical (unpaired) electrons. The summed E-state index contributed by atoms with van der Waals surface area (Å²) < 4.78 is 43.0. The van der Waals surface area contributed by atoms with Gasteiger partial charge in [0.25, 0.3) is 5.91 Å². The van der Waals surface area contributed by atoms with E-state index in [2.05, 4.69) is 0 Å². The lowest BCUT2D eigenvalue weighted by Gasteiger charge is -2.27. The number of rotatable bonds is 3. The van der Waals surface area contributed by atoms with Crippen LogP contribution in [0.5, 0.6) is 0 Å². The average Bonchev–Trinajstić information content (AvgIpc) is 2.62. The van der Waals surface area contributed by atoms with Crippen molar-refractivity contribution in [3.63, 3.8) is 0 Å². The van der Waals surface area contributed by atoms with Crippen LogP contribution >= 0.6 is 0 Å². The maximum Gasteiger partial charge on any atom is 0.253 e. The van der Waals surface area contributed by atoms with Crippen LogP contribution in [0.25, 0.3) is 0 Å². The van der Waals surface area contributed by atoms with Crippen LogP contribution < -0.4 is 0 Å². The Labute approximate surface area is 144 Å². The smallest absolute Gasteiger partial charge is 0.253 e. The maximum atomic E-state index is 12.5. The normalized spacial score (nSPS) is 20.9. The highest BCUT2D eigenvalue weighted by molar-refractivity contribution is 7.89. The summed E-state index contributed by atoms with van der Waals surface area (Å²) in [5.41, 5.74) is 0.448. The zero-order chi connectivity index (χ0) is 17.2. The fourth-order valence-electron chi connectivity index (χ4n) is 2.73. The molecule has 1 aromatic rings. The molecule has 0 saturated carbocycles. The van der Waals surface area contributed by atoms with Gasteiger partial charge in [-0.15, -0.1) is 0 Å². The first-order valence-corrected chi connectivity index (χ1v) is 10.7. The van der Waals surface area contributed by atoms with Gasteiger partial charge in [0.2, 0.25) is 10.0 Å². The summed E-state index contributed by atoms with van der Waals surface area (Å²) in [6.45, 7) is 2.42. The van der Waals surface area contributed by atoms with E-state index >= 15 is 0 Å². The monoisotopic (exact) mass is 372 g/mol. The number of carbonyl (C=O) groups is 1. The molecule has 2 fully saturated rings. The summed E-state index contributed by atoms with van der Waals surface area (Å²) in [5.74, 6) is 0.840. The average molecular weight is 372 g/mol. The number of ether oxygens (including phenoxy) is 1. The fourth-order valence-corrected chi connectivity index (χ4v) is 5.19. The first-order valence-electron chi connectivity index (χ1n) is 7.81. The van der Waals surface area contributed by atoms with Crippen LogP contribution in [-0.2, 0) is 25.6 Å². The molecule has 7 nitrogen and oxygen atoms in total. The zero-order valence-electron chi connectivity index (χ0n) is 13.2. The third-order valence-corrected chi connectivity index (χ3v) is 7.36. The van der Waals surface area contributed by atoms with Crippen molar-refractivity contribution in [2.24, 2.45) is 0 Å². The lowest BCUT2D eigenvalue weighted by atomic mass is 10.2. The quantitative estimate of drug-likeness (QED) is 0.741. The number of hydrogen-bond donors (Lipinski definition) is 0. The predicted molar refractivity (Wildman–Crippen MR) is 89.8 cm³/mol. The molecule has 0 spiro atoms. The number of hydrogen-bond acceptors (Lipinski definition) is 5. The Morgan fingerprint density at radius 3 is 2.17 bits per heavy atom. The van der Waals surface area contributed by atoms with Gasteiger partial charge in [0, 0.05) is 54.0 Å². The third kappa shape index (κ3) is 3.69. The van der Waals surface area contributed by atoms with E-state index in [4.69, 9.17) is 4.74 Å². The van der Waals surface area contributed by atoms with Gasteiger partial charge in [-0.1, -0.05) is 0 Å². The Hall–Kier alpha value is -1.29. The highest BCUT2D eigenvalue weighted by Crippen LogP contribution is 2.18. The summed E-state index contributed by atoms with van der Waals surface area (Å²) >= 11 is 0. The van der Waals surface area contributed by atoms with Crippen LogP contribution in [0.4, 0.5) is 0 Å². The van der Waals surface area contributed by atoms with Crippen molar-refractivity contribution in [3.05, 3.63) is 29.8 Å². The second kappa shape index (κ2) is 7.30. The molecule has 0 unspecified atom stereocenters. The molecule has 2 aliphatic heterocycles. The van der Waals surface area contributed by atoms with Gasteiger partial charge in [-0.05, 0) is 24.3 Å². The van der Waals surface area contributed by atoms with Crippen LogP contribution in [0, 0.1) is 0 Å². The first-order chi connectivity index (χ1) is 11.5. The first kappa shape index (κ1) is 17.5. The van der Waals surface area contributed by atoms with Gasteiger partial charge < -0.3 is 9.64 Å². The summed E-state index contributed by atoms with van der Waals surface area (Å²) in [6.07, 6.45) is 0. The van der Waals surface area contributed by atoms with Crippen LogP contribution in [0.3, 0.4) is 0 Å². The molecular weight excluding hydrogens is 352 g/mol. The molecule has 24 heavy (non-hydrogen) atoms. The Bertz CT molecular complexity index is 717. The maximum absolute atomic E-state index is 12.5. The number of carbonyl (C=O) groups excluding carboxylic acids is 1. The second-order valence-electron chi connectivity index (χ2n) is 5.68. The molecule has 0 bridgehead atoms. The fraction of sp³-hybridized carbons (Fsp3) is 0.533. The summed E-state index contributed by atoms with van der Waals surface area (Å²) in [5, 5.41) is 0. The molecule has 3 rings (SSSR count). The van der Waals surface area contributed by atoms with Gasteiger partial charge in [0.1, 0.15) is 0 Å². The van der Waals surface area contributed by atoms with Crippen molar-refractivity contribution < 1.29 is 22.2 Å². The minimum Gasteiger partial charge on any atom is -0.379 e. The van der Waals surface area contributed by atoms with Crippen molar-refractivity contribution in [2.75, 3.05) is 50.9 Å². The number of morpholine rings is 1. The molecular formula is C15H20N2O5S2. The van der Waals surface area contributed by atoms with Crippen molar-refractivity contribution in [3.8, 4) is 0 Å². The van der Waals surface area contributed by atoms with E-state index < -0.39 is 20.8 Å². The lowest BCUT2D eigenvalue weighted by Crippen LogP contribution is -2.42. The van der Waals surface area contributed by atoms with E-state index in [9.17, 15) is 17.4 Å². The molecule has 2 aliphatic rings. The highest BCUT2D eigenvalue weighted by Gasteiger charge is 2.27. The number of benzene rings is 1. The van der Waals surface area contributed by atoms with Crippen LogP contribution in [0.1, 0.15) is 10.4 Å². The Balaban J connectivity index is 1.73. The van der Waals surface area contributed by atoms with E-state index in [1.54, 1.807) is 17.0 Å². The van der Waals surface area contributed by atoms with E-state index in [1.165, 1.54) is 16.4 Å². The topological polar surface area (TPSA) is 84.0 Å². The molecule has 2 saturated heterocycles. The summed E-state index contributed by atoms with van der Waals surface area (Å²) in [4.78, 5) is 14.3. The number of amides is 1. The van der Waals surface area contributed by atoms with Crippen molar-refractivity contribution >= 4 is 26.7 Å². The van der Waals surface area contributed by atoms with Crippen molar-refractivity contribution in [1.82, 2.24) is 9.21 Å². The van der Waals surface area contributed by atoms with E-state index in [1.807, 2.05) is 0 Å². The van der Waals surface area contributed by atoms with Crippen molar-refractivity contribution in [2.45, 2.75) is 4.90 Å². The molecule has 1 amide bonds. The van der Waals surface area contributed by atoms with E-state index in [0.717, 1.165) is 0 Å². The molecule has 0 aliphatic carbocycles. The van der Waals surface area contributed by atoms with Crippen molar-refractivity contribution in [1.29, 1.82) is 0 Å². The van der Waals surface area contributed by atoms with Gasteiger partial charge in [0.05, 0.1) is 18.1 Å². The zero-order valence-corrected chi connectivity index (χ0v) is 14.9. The van der Waals surface area contributed by atoms with Crippen LogP contribution in [-0.4, -0.2) is 78.6 Å². The Morgan fingerprint density at radius 1 is 1.00 bits per heavy atom. The third-order valence-electron chi connectivity index (χ3n) is 4.17. The van der Waals surface area contributed by atoms with Gasteiger partial charge >= 0.3 is 0 Å². The second-order valence-corrected chi connectivity index (χ2v) is 9.32. The number of nitrogens with zero attached hydrogens (tertiary/aromatic N) is 2. The van der Waals surface area contributed by atoms with Gasteiger partial charge in [-0.25, -0.2) is 8.42 Å². The molecule has 0 atom stereocenters. The summed E-state index contributed by atoms with van der Waals surface area (Å²) in [7, 11) is -4.39. The van der Waals surface area contributed by atoms with E-state index in [-0.39, 0.29) is 10.8 Å². The standard InChI is InChI=1S/C15H20N2O5S2/c18-15(16-7-11-23(19)12-8-16)13-1-3-14(4-2-13)24(20,21)17-5-9-22-10-6-17/h1-4H,5-12H2. The van der Waals surface area contributed by atoms with E-state index in [0.29, 0.717) is 56.5 Å².